The van der Waals surface area contributed by atoms with Crippen molar-refractivity contribution in [2.75, 3.05) is 5.75 Å². The first kappa shape index (κ1) is 11.5. The number of amides is 1. The smallest absolute Gasteiger partial charge is 0.331 e. The Morgan fingerprint density at radius 2 is 2.25 bits per heavy atom. The molecule has 3 atom stereocenters. The molecule has 0 radical (unpaired) electrons. The van der Waals surface area contributed by atoms with E-state index in [1.165, 1.54) is 16.7 Å². The molecule has 0 aromatic heterocycles. The minimum absolute atomic E-state index is 0.00296. The number of fused-ring (bicyclic) bond motifs is 1. The molecule has 0 aromatic carbocycles. The van der Waals surface area contributed by atoms with Crippen LogP contribution in [-0.2, 0) is 9.59 Å². The Balaban J connectivity index is 2.23. The number of hydrogen-bond donors (Lipinski definition) is 1. The molecule has 0 bridgehead atoms. The molecule has 2 aliphatic rings. The largest absolute Gasteiger partial charge is 0.479 e. The summed E-state index contributed by atoms with van der Waals surface area (Å²) in [6, 6.07) is -0.710. The van der Waals surface area contributed by atoms with Gasteiger partial charge in [0, 0.05) is 4.91 Å². The molecule has 2 aliphatic heterocycles. The lowest BCUT2D eigenvalue weighted by Gasteiger charge is -2.44. The molecule has 88 valence electrons. The molecule has 2 rings (SSSR count). The third kappa shape index (κ3) is 1.45. The van der Waals surface area contributed by atoms with Crippen molar-refractivity contribution in [3.63, 3.8) is 0 Å². The van der Waals surface area contributed by atoms with Gasteiger partial charge in [0.1, 0.15) is 0 Å². The number of β-lactam (4-membered cyclic amide) rings is 1. The average molecular weight is 241 g/mol. The molecule has 1 N–H and O–H groups in total. The fourth-order valence-corrected chi connectivity index (χ4v) is 3.38. The van der Waals surface area contributed by atoms with Gasteiger partial charge in [-0.15, -0.1) is 11.8 Å². The Bertz CT molecular complexity index is 366. The molecular formula is C11H15NO3S. The first-order chi connectivity index (χ1) is 7.61. The van der Waals surface area contributed by atoms with Crippen LogP contribution in [0.1, 0.15) is 20.3 Å². The van der Waals surface area contributed by atoms with Crippen molar-refractivity contribution >= 4 is 23.6 Å². The van der Waals surface area contributed by atoms with Crippen LogP contribution in [0.3, 0.4) is 0 Å². The van der Waals surface area contributed by atoms with Gasteiger partial charge in [0.25, 0.3) is 0 Å². The molecule has 2 heterocycles. The summed E-state index contributed by atoms with van der Waals surface area (Å²) in [5, 5.41) is 9.16. The van der Waals surface area contributed by atoms with Crippen LogP contribution in [0.25, 0.3) is 0 Å². The van der Waals surface area contributed by atoms with Crippen molar-refractivity contribution in [3.8, 4) is 0 Å². The number of aliphatic carboxylic acids is 1. The molecule has 0 aliphatic carbocycles. The van der Waals surface area contributed by atoms with Crippen LogP contribution >= 0.6 is 11.8 Å². The van der Waals surface area contributed by atoms with E-state index in [4.69, 9.17) is 5.11 Å². The van der Waals surface area contributed by atoms with Crippen molar-refractivity contribution in [1.82, 2.24) is 4.90 Å². The van der Waals surface area contributed by atoms with Gasteiger partial charge in [-0.1, -0.05) is 13.8 Å². The predicted molar refractivity (Wildman–Crippen MR) is 62.1 cm³/mol. The SMILES string of the molecule is CCSC1=CC2[C@H](CC)C(=O)N2[C@H]1C(=O)O. The fourth-order valence-electron chi connectivity index (χ4n) is 2.44. The summed E-state index contributed by atoms with van der Waals surface area (Å²) >= 11 is 1.52. The summed E-state index contributed by atoms with van der Waals surface area (Å²) in [7, 11) is 0. The van der Waals surface area contributed by atoms with Crippen molar-refractivity contribution < 1.29 is 14.7 Å². The average Bonchev–Trinajstić information content (AvgIpc) is 2.55. The third-order valence-corrected chi connectivity index (χ3v) is 4.15. The topological polar surface area (TPSA) is 57.6 Å². The van der Waals surface area contributed by atoms with Crippen LogP contribution in [-0.4, -0.2) is 39.7 Å². The highest BCUT2D eigenvalue weighted by atomic mass is 32.2. The molecule has 0 saturated carbocycles. The second-order valence-corrected chi connectivity index (χ2v) is 5.33. The van der Waals surface area contributed by atoms with E-state index in [2.05, 4.69) is 0 Å². The monoisotopic (exact) mass is 241 g/mol. The maximum absolute atomic E-state index is 11.8. The van der Waals surface area contributed by atoms with Gasteiger partial charge < -0.3 is 10.0 Å². The summed E-state index contributed by atoms with van der Waals surface area (Å²) in [6.45, 7) is 3.95. The van der Waals surface area contributed by atoms with Gasteiger partial charge in [-0.2, -0.15) is 0 Å². The zero-order valence-corrected chi connectivity index (χ0v) is 10.2. The van der Waals surface area contributed by atoms with Crippen LogP contribution in [0.15, 0.2) is 11.0 Å². The lowest BCUT2D eigenvalue weighted by atomic mass is 9.86. The van der Waals surface area contributed by atoms with Gasteiger partial charge in [0.05, 0.1) is 12.0 Å². The van der Waals surface area contributed by atoms with Crippen molar-refractivity contribution in [3.05, 3.63) is 11.0 Å². The zero-order valence-electron chi connectivity index (χ0n) is 9.34. The molecule has 0 aromatic rings. The molecule has 1 fully saturated rings. The first-order valence-electron chi connectivity index (χ1n) is 5.51. The summed E-state index contributed by atoms with van der Waals surface area (Å²) in [6.07, 6.45) is 2.75. The molecule has 1 amide bonds. The maximum atomic E-state index is 11.8. The van der Waals surface area contributed by atoms with Crippen molar-refractivity contribution in [2.24, 2.45) is 5.92 Å². The molecule has 16 heavy (non-hydrogen) atoms. The number of hydrogen-bond acceptors (Lipinski definition) is 3. The number of thioether (sulfide) groups is 1. The Kier molecular flexibility index (Phi) is 2.97. The highest BCUT2D eigenvalue weighted by molar-refractivity contribution is 8.03. The van der Waals surface area contributed by atoms with E-state index in [9.17, 15) is 9.59 Å². The number of carboxylic acid groups (broad SMARTS) is 1. The summed E-state index contributed by atoms with van der Waals surface area (Å²) < 4.78 is 0. The van der Waals surface area contributed by atoms with Crippen LogP contribution in [0, 0.1) is 5.92 Å². The van der Waals surface area contributed by atoms with Crippen LogP contribution in [0.2, 0.25) is 0 Å². The predicted octanol–water partition coefficient (Wildman–Crippen LogP) is 1.33. The standard InChI is InChI=1S/C11H15NO3S/c1-3-6-7-5-8(16-4-2)9(11(14)15)12(7)10(6)13/h5-7,9H,3-4H2,1-2H3,(H,14,15)/t6-,7?,9+/m0/s1. The maximum Gasteiger partial charge on any atom is 0.331 e. The van der Waals surface area contributed by atoms with E-state index in [-0.39, 0.29) is 17.9 Å². The number of nitrogens with zero attached hydrogens (tertiary/aromatic N) is 1. The van der Waals surface area contributed by atoms with E-state index in [0.29, 0.717) is 0 Å². The minimum atomic E-state index is -0.919. The molecular weight excluding hydrogens is 226 g/mol. The van der Waals surface area contributed by atoms with Gasteiger partial charge >= 0.3 is 5.97 Å². The first-order valence-corrected chi connectivity index (χ1v) is 6.49. The number of carboxylic acids is 1. The minimum Gasteiger partial charge on any atom is -0.479 e. The molecule has 0 spiro atoms. The second kappa shape index (κ2) is 4.13. The van der Waals surface area contributed by atoms with Gasteiger partial charge in [-0.25, -0.2) is 4.79 Å². The summed E-state index contributed by atoms with van der Waals surface area (Å²) in [4.78, 5) is 25.3. The lowest BCUT2D eigenvalue weighted by Crippen LogP contribution is -2.62. The van der Waals surface area contributed by atoms with E-state index in [0.717, 1.165) is 17.1 Å². The molecule has 4 nitrogen and oxygen atoms in total. The van der Waals surface area contributed by atoms with E-state index >= 15 is 0 Å². The van der Waals surface area contributed by atoms with E-state index in [1.807, 2.05) is 19.9 Å². The summed E-state index contributed by atoms with van der Waals surface area (Å²) in [5.74, 6) is -0.0986. The normalized spacial score (nSPS) is 32.1. The molecule has 1 saturated heterocycles. The number of rotatable bonds is 4. The number of carbonyl (C=O) groups excluding carboxylic acids is 1. The van der Waals surface area contributed by atoms with Crippen molar-refractivity contribution in [2.45, 2.75) is 32.4 Å². The van der Waals surface area contributed by atoms with Crippen LogP contribution in [0.4, 0.5) is 0 Å². The quantitative estimate of drug-likeness (QED) is 0.754. The van der Waals surface area contributed by atoms with Gasteiger partial charge in [-0.3, -0.25) is 4.79 Å². The molecule has 1 unspecified atom stereocenters. The van der Waals surface area contributed by atoms with Crippen LogP contribution in [0.5, 0.6) is 0 Å². The number of carbonyl (C=O) groups is 2. The van der Waals surface area contributed by atoms with Crippen LogP contribution < -0.4 is 0 Å². The molecule has 5 heteroatoms. The van der Waals surface area contributed by atoms with Crippen molar-refractivity contribution in [1.29, 1.82) is 0 Å². The highest BCUT2D eigenvalue weighted by Gasteiger charge is 2.55. The van der Waals surface area contributed by atoms with Gasteiger partial charge in [0.2, 0.25) is 5.91 Å². The van der Waals surface area contributed by atoms with Gasteiger partial charge in [-0.05, 0) is 18.2 Å². The summed E-state index contributed by atoms with van der Waals surface area (Å²) in [5.41, 5.74) is 0. The Morgan fingerprint density at radius 3 is 2.75 bits per heavy atom. The van der Waals surface area contributed by atoms with E-state index in [1.54, 1.807) is 0 Å². The Morgan fingerprint density at radius 1 is 1.56 bits per heavy atom. The second-order valence-electron chi connectivity index (χ2n) is 3.99. The Labute approximate surface area is 98.7 Å². The lowest BCUT2D eigenvalue weighted by molar-refractivity contribution is -0.162. The highest BCUT2D eigenvalue weighted by Crippen LogP contribution is 2.43. The zero-order chi connectivity index (χ0) is 11.9. The van der Waals surface area contributed by atoms with E-state index < -0.39 is 12.0 Å². The van der Waals surface area contributed by atoms with Gasteiger partial charge in [0.15, 0.2) is 6.04 Å². The third-order valence-electron chi connectivity index (χ3n) is 3.17. The fraction of sp³-hybridized carbons (Fsp3) is 0.636. The Hall–Kier alpha value is -0.970.